The van der Waals surface area contributed by atoms with Gasteiger partial charge in [0.25, 0.3) is 0 Å². The Morgan fingerprint density at radius 2 is 1.97 bits per heavy atom. The minimum Gasteiger partial charge on any atom is -0.449 e. The zero-order valence-corrected chi connectivity index (χ0v) is 18.7. The lowest BCUT2D eigenvalue weighted by Crippen LogP contribution is -2.69. The van der Waals surface area contributed by atoms with Crippen LogP contribution in [0.4, 0.5) is 4.39 Å². The minimum atomic E-state index is -1.98. The van der Waals surface area contributed by atoms with Gasteiger partial charge in [-0.15, -0.1) is 12.6 Å². The van der Waals surface area contributed by atoms with Gasteiger partial charge in [-0.3, -0.25) is 14.4 Å². The molecule has 4 aliphatic rings. The maximum absolute atomic E-state index is 17.0. The van der Waals surface area contributed by atoms with Gasteiger partial charge in [-0.25, -0.2) is 4.39 Å². The van der Waals surface area contributed by atoms with Crippen molar-refractivity contribution in [3.63, 3.8) is 0 Å². The van der Waals surface area contributed by atoms with Crippen molar-refractivity contribution in [2.75, 3.05) is 0 Å². The van der Waals surface area contributed by atoms with Crippen LogP contribution in [0, 0.1) is 28.6 Å². The number of ketones is 1. The number of ether oxygens (including phenoxy) is 1. The molecular formula is C23H29FO5S. The van der Waals surface area contributed by atoms with Gasteiger partial charge in [-0.05, 0) is 50.7 Å². The van der Waals surface area contributed by atoms with Crippen molar-refractivity contribution in [2.45, 2.75) is 70.8 Å². The van der Waals surface area contributed by atoms with Crippen molar-refractivity contribution in [1.29, 1.82) is 0 Å². The number of hydrogen-bond acceptors (Lipinski definition) is 5. The molecule has 0 aromatic heterocycles. The summed E-state index contributed by atoms with van der Waals surface area (Å²) >= 11 is 4.10. The SMILES string of the molecule is CC(=O)O[C@]1(C(=O)S)[C@@H](C)C[C@H]2[C@@H]3CCC4=CC(=O)C=C[C@]4(C)[C@@]3(F)[C@@H](O)C[C@@]21C. The lowest BCUT2D eigenvalue weighted by molar-refractivity contribution is -0.224. The Kier molecular flexibility index (Phi) is 4.72. The number of hydrogen-bond donors (Lipinski definition) is 2. The summed E-state index contributed by atoms with van der Waals surface area (Å²) in [6, 6.07) is 0. The number of thiol groups is 1. The summed E-state index contributed by atoms with van der Waals surface area (Å²) in [6.45, 7) is 6.67. The van der Waals surface area contributed by atoms with Crippen LogP contribution >= 0.6 is 12.6 Å². The fraction of sp³-hybridized carbons (Fsp3) is 0.696. The van der Waals surface area contributed by atoms with Gasteiger partial charge in [0.15, 0.2) is 17.1 Å². The highest BCUT2D eigenvalue weighted by Crippen LogP contribution is 2.71. The third-order valence-corrected chi connectivity index (χ3v) is 9.14. The molecule has 0 radical (unpaired) electrons. The van der Waals surface area contributed by atoms with Crippen LogP contribution < -0.4 is 0 Å². The summed E-state index contributed by atoms with van der Waals surface area (Å²) in [5.74, 6) is -1.93. The molecule has 0 unspecified atom stereocenters. The Morgan fingerprint density at radius 3 is 2.57 bits per heavy atom. The van der Waals surface area contributed by atoms with Crippen LogP contribution in [0.2, 0.25) is 0 Å². The normalized spacial score (nSPS) is 49.6. The van der Waals surface area contributed by atoms with Crippen LogP contribution in [0.1, 0.15) is 53.4 Å². The summed E-state index contributed by atoms with van der Waals surface area (Å²) in [7, 11) is 0. The average Bonchev–Trinajstić information content (AvgIpc) is 2.85. The molecule has 0 amide bonds. The van der Waals surface area contributed by atoms with Crippen molar-refractivity contribution in [1.82, 2.24) is 0 Å². The van der Waals surface area contributed by atoms with Gasteiger partial charge >= 0.3 is 5.97 Å². The fourth-order valence-electron chi connectivity index (χ4n) is 7.47. The Hall–Kier alpha value is -1.47. The average molecular weight is 437 g/mol. The van der Waals surface area contributed by atoms with E-state index >= 15 is 4.39 Å². The van der Waals surface area contributed by atoms with E-state index in [0.717, 1.165) is 0 Å². The maximum atomic E-state index is 17.0. The molecule has 30 heavy (non-hydrogen) atoms. The van der Waals surface area contributed by atoms with Gasteiger partial charge in [-0.2, -0.15) is 0 Å². The molecule has 3 fully saturated rings. The molecule has 4 aliphatic carbocycles. The number of allylic oxidation sites excluding steroid dienone is 4. The highest BCUT2D eigenvalue weighted by Gasteiger charge is 2.76. The van der Waals surface area contributed by atoms with E-state index in [2.05, 4.69) is 12.6 Å². The van der Waals surface area contributed by atoms with Crippen LogP contribution in [0.3, 0.4) is 0 Å². The Labute approximate surface area is 181 Å². The van der Waals surface area contributed by atoms with E-state index in [1.807, 2.05) is 13.8 Å². The molecule has 0 aromatic rings. The van der Waals surface area contributed by atoms with Crippen LogP contribution in [0.5, 0.6) is 0 Å². The number of rotatable bonds is 2. The molecule has 0 bridgehead atoms. The molecule has 7 heteroatoms. The third kappa shape index (κ3) is 2.36. The number of fused-ring (bicyclic) bond motifs is 5. The molecule has 3 saturated carbocycles. The van der Waals surface area contributed by atoms with Crippen LogP contribution in [0.25, 0.3) is 0 Å². The number of carbonyl (C=O) groups excluding carboxylic acids is 3. The molecule has 4 rings (SSSR count). The monoisotopic (exact) mass is 436 g/mol. The third-order valence-electron chi connectivity index (χ3n) is 8.80. The van der Waals surface area contributed by atoms with E-state index in [-0.39, 0.29) is 24.0 Å². The Bertz CT molecular complexity index is 898. The number of alkyl halides is 1. The molecule has 5 nitrogen and oxygen atoms in total. The van der Waals surface area contributed by atoms with Crippen molar-refractivity contribution < 1.29 is 28.6 Å². The Balaban J connectivity index is 1.86. The number of carbonyl (C=O) groups is 3. The topological polar surface area (TPSA) is 80.7 Å². The second kappa shape index (κ2) is 6.52. The van der Waals surface area contributed by atoms with Crippen molar-refractivity contribution >= 4 is 29.5 Å². The van der Waals surface area contributed by atoms with Gasteiger partial charge in [0.05, 0.1) is 6.10 Å². The number of esters is 1. The van der Waals surface area contributed by atoms with Crippen LogP contribution in [0.15, 0.2) is 23.8 Å². The number of aliphatic hydroxyl groups excluding tert-OH is 1. The van der Waals surface area contributed by atoms with E-state index in [4.69, 9.17) is 4.74 Å². The molecule has 0 aliphatic heterocycles. The van der Waals surface area contributed by atoms with Gasteiger partial charge in [-0.1, -0.05) is 25.5 Å². The molecule has 0 spiro atoms. The van der Waals surface area contributed by atoms with Gasteiger partial charge in [0.2, 0.25) is 5.12 Å². The predicted octanol–water partition coefficient (Wildman–Crippen LogP) is 3.36. The number of aliphatic hydroxyl groups is 1. The van der Waals surface area contributed by atoms with E-state index in [1.165, 1.54) is 19.1 Å². The lowest BCUT2D eigenvalue weighted by atomic mass is 9.45. The molecule has 0 heterocycles. The zero-order chi connectivity index (χ0) is 22.3. The maximum Gasteiger partial charge on any atom is 0.303 e. The summed E-state index contributed by atoms with van der Waals surface area (Å²) in [5.41, 5.74) is -4.82. The first-order chi connectivity index (χ1) is 13.8. The highest BCUT2D eigenvalue weighted by molar-refractivity contribution is 7.96. The van der Waals surface area contributed by atoms with Crippen molar-refractivity contribution in [3.8, 4) is 0 Å². The first-order valence-corrected chi connectivity index (χ1v) is 11.0. The first kappa shape index (κ1) is 21.8. The lowest BCUT2D eigenvalue weighted by Gasteiger charge is -2.62. The first-order valence-electron chi connectivity index (χ1n) is 10.6. The minimum absolute atomic E-state index is 0.0285. The smallest absolute Gasteiger partial charge is 0.303 e. The molecule has 164 valence electrons. The summed E-state index contributed by atoms with van der Waals surface area (Å²) in [5, 5.41) is 10.7. The number of halogens is 1. The molecular weight excluding hydrogens is 407 g/mol. The quantitative estimate of drug-likeness (QED) is 0.513. The Morgan fingerprint density at radius 1 is 1.30 bits per heavy atom. The molecule has 0 saturated heterocycles. The van der Waals surface area contributed by atoms with E-state index < -0.39 is 45.2 Å². The van der Waals surface area contributed by atoms with E-state index in [0.29, 0.717) is 24.8 Å². The van der Waals surface area contributed by atoms with Gasteiger partial charge in [0.1, 0.15) is 0 Å². The summed E-state index contributed by atoms with van der Waals surface area (Å²) < 4.78 is 22.7. The molecule has 0 aromatic carbocycles. The van der Waals surface area contributed by atoms with Crippen molar-refractivity contribution in [3.05, 3.63) is 23.8 Å². The largest absolute Gasteiger partial charge is 0.449 e. The highest BCUT2D eigenvalue weighted by atomic mass is 32.1. The van der Waals surface area contributed by atoms with Gasteiger partial charge in [0, 0.05) is 29.6 Å². The summed E-state index contributed by atoms with van der Waals surface area (Å²) in [4.78, 5) is 36.7. The van der Waals surface area contributed by atoms with E-state index in [9.17, 15) is 19.5 Å². The van der Waals surface area contributed by atoms with Crippen LogP contribution in [-0.2, 0) is 19.1 Å². The van der Waals surface area contributed by atoms with Crippen molar-refractivity contribution in [2.24, 2.45) is 28.6 Å². The predicted molar refractivity (Wildman–Crippen MR) is 111 cm³/mol. The zero-order valence-electron chi connectivity index (χ0n) is 17.8. The fourth-order valence-corrected chi connectivity index (χ4v) is 8.00. The standard InChI is InChI=1S/C23H29FO5S/c1-12-9-17-16-6-5-14-10-15(26)7-8-20(14,3)22(16,24)18(27)11-21(17,4)23(12,19(28)30)29-13(2)25/h7-8,10,12,16-18,27H,5-6,9,11H2,1-4H3,(H,28,30)/t12-,16-,17-,18-,20-,21-,22-,23-/m0/s1. The van der Waals surface area contributed by atoms with Gasteiger partial charge < -0.3 is 9.84 Å². The molecule has 1 N–H and O–H groups in total. The molecule has 8 atom stereocenters. The van der Waals surface area contributed by atoms with Crippen LogP contribution in [-0.4, -0.2) is 39.3 Å². The second-order valence-electron chi connectivity index (χ2n) is 10.0. The second-order valence-corrected chi connectivity index (χ2v) is 10.4. The van der Waals surface area contributed by atoms with E-state index in [1.54, 1.807) is 13.0 Å². The summed E-state index contributed by atoms with van der Waals surface area (Å²) in [6.07, 6.45) is 4.57.